The first-order valence-electron chi connectivity index (χ1n) is 11.8. The molecule has 0 aromatic carbocycles. The Morgan fingerprint density at radius 3 is 2.70 bits per heavy atom. The maximum Gasteiger partial charge on any atom is 0.221 e. The quantitative estimate of drug-likeness (QED) is 0.770. The van der Waals surface area contributed by atoms with Crippen molar-refractivity contribution in [2.24, 2.45) is 5.41 Å². The Morgan fingerprint density at radius 2 is 2.00 bits per heavy atom. The number of carbonyl (C=O) groups is 1. The van der Waals surface area contributed by atoms with Crippen LogP contribution in [0.5, 0.6) is 0 Å². The van der Waals surface area contributed by atoms with Crippen LogP contribution in [0.25, 0.3) is 0 Å². The van der Waals surface area contributed by atoms with Gasteiger partial charge in [-0.05, 0) is 64.0 Å². The van der Waals surface area contributed by atoms with Crippen LogP contribution in [0.3, 0.4) is 0 Å². The molecule has 0 bridgehead atoms. The molecule has 0 aliphatic carbocycles. The summed E-state index contributed by atoms with van der Waals surface area (Å²) in [5, 5.41) is 3.11. The zero-order valence-corrected chi connectivity index (χ0v) is 18.4. The van der Waals surface area contributed by atoms with Crippen molar-refractivity contribution in [3.8, 4) is 0 Å². The van der Waals surface area contributed by atoms with Gasteiger partial charge in [-0.25, -0.2) is 9.97 Å². The number of likely N-dealkylation sites (tertiary alicyclic amines) is 1. The number of aromatic nitrogens is 2. The summed E-state index contributed by atoms with van der Waals surface area (Å²) < 4.78 is 6.21. The van der Waals surface area contributed by atoms with Gasteiger partial charge >= 0.3 is 0 Å². The zero-order chi connectivity index (χ0) is 20.8. The second kappa shape index (κ2) is 10.1. The largest absolute Gasteiger partial charge is 0.376 e. The fourth-order valence-electron chi connectivity index (χ4n) is 5.15. The molecular weight excluding hydrogens is 378 g/mol. The van der Waals surface area contributed by atoms with E-state index in [2.05, 4.69) is 32.0 Å². The number of carbonyl (C=O) groups excluding carboxylic acids is 1. The van der Waals surface area contributed by atoms with Gasteiger partial charge in [0.25, 0.3) is 0 Å². The first-order valence-corrected chi connectivity index (χ1v) is 11.8. The van der Waals surface area contributed by atoms with Crippen molar-refractivity contribution in [3.05, 3.63) is 18.1 Å². The molecular formula is C23H37N5O2. The molecule has 7 nitrogen and oxygen atoms in total. The second-order valence-electron chi connectivity index (χ2n) is 9.44. The average molecular weight is 416 g/mol. The van der Waals surface area contributed by atoms with Crippen molar-refractivity contribution in [1.82, 2.24) is 20.2 Å². The minimum atomic E-state index is 0.164. The summed E-state index contributed by atoms with van der Waals surface area (Å²) in [7, 11) is 0. The molecule has 3 saturated heterocycles. The van der Waals surface area contributed by atoms with Crippen LogP contribution in [0, 0.1) is 12.3 Å². The van der Waals surface area contributed by atoms with Crippen LogP contribution in [-0.4, -0.2) is 72.8 Å². The molecule has 1 aromatic heterocycles. The van der Waals surface area contributed by atoms with Gasteiger partial charge in [-0.1, -0.05) is 6.42 Å². The standard InChI is InChI=1S/C23H37N5O2/c1-19-15-24-18-26-22(19)28-13-8-23(9-14-28)7-5-20(30-17-23)16-25-21(29)6-12-27-10-3-2-4-11-27/h15,18,20H,2-14,16-17H2,1H3,(H,25,29)/t20-/m0/s1. The molecule has 3 aliphatic heterocycles. The van der Waals surface area contributed by atoms with Gasteiger partial charge in [0.1, 0.15) is 12.1 Å². The maximum atomic E-state index is 12.2. The molecule has 3 fully saturated rings. The number of anilines is 1. The number of rotatable bonds is 6. The summed E-state index contributed by atoms with van der Waals surface area (Å²) in [6.07, 6.45) is 12.7. The minimum Gasteiger partial charge on any atom is -0.376 e. The van der Waals surface area contributed by atoms with Crippen LogP contribution in [0.15, 0.2) is 12.5 Å². The Balaban J connectivity index is 1.15. The summed E-state index contributed by atoms with van der Waals surface area (Å²) in [5.74, 6) is 1.24. The molecule has 1 N–H and O–H groups in total. The van der Waals surface area contributed by atoms with Crippen LogP contribution in [0.1, 0.15) is 56.9 Å². The van der Waals surface area contributed by atoms with Gasteiger partial charge in [-0.15, -0.1) is 0 Å². The third-order valence-corrected chi connectivity index (χ3v) is 7.24. The Hall–Kier alpha value is -1.73. The van der Waals surface area contributed by atoms with Crippen LogP contribution >= 0.6 is 0 Å². The smallest absolute Gasteiger partial charge is 0.221 e. The third-order valence-electron chi connectivity index (χ3n) is 7.24. The van der Waals surface area contributed by atoms with E-state index < -0.39 is 0 Å². The molecule has 4 heterocycles. The Bertz CT molecular complexity index is 689. The summed E-state index contributed by atoms with van der Waals surface area (Å²) in [6, 6.07) is 0. The monoisotopic (exact) mass is 415 g/mol. The summed E-state index contributed by atoms with van der Waals surface area (Å²) in [5.41, 5.74) is 1.44. The van der Waals surface area contributed by atoms with Gasteiger partial charge in [-0.2, -0.15) is 0 Å². The second-order valence-corrected chi connectivity index (χ2v) is 9.44. The van der Waals surface area contributed by atoms with Gasteiger partial charge in [0.05, 0.1) is 12.7 Å². The van der Waals surface area contributed by atoms with E-state index in [1.54, 1.807) is 6.33 Å². The lowest BCUT2D eigenvalue weighted by Crippen LogP contribution is -2.48. The van der Waals surface area contributed by atoms with E-state index in [-0.39, 0.29) is 12.0 Å². The zero-order valence-electron chi connectivity index (χ0n) is 18.4. The molecule has 4 rings (SSSR count). The molecule has 7 heteroatoms. The molecule has 166 valence electrons. The Labute approximate surface area is 180 Å². The fraction of sp³-hybridized carbons (Fsp3) is 0.783. The molecule has 3 aliphatic rings. The first-order chi connectivity index (χ1) is 14.6. The van der Waals surface area contributed by atoms with E-state index in [1.165, 1.54) is 25.7 Å². The van der Waals surface area contributed by atoms with Crippen molar-refractivity contribution in [3.63, 3.8) is 0 Å². The summed E-state index contributed by atoms with van der Waals surface area (Å²) in [4.78, 5) is 25.6. The van der Waals surface area contributed by atoms with E-state index in [9.17, 15) is 4.79 Å². The van der Waals surface area contributed by atoms with Crippen molar-refractivity contribution >= 4 is 11.7 Å². The predicted octanol–water partition coefficient (Wildman–Crippen LogP) is 2.54. The number of amides is 1. The van der Waals surface area contributed by atoms with Crippen molar-refractivity contribution < 1.29 is 9.53 Å². The van der Waals surface area contributed by atoms with Gasteiger partial charge in [0.2, 0.25) is 5.91 Å². The van der Waals surface area contributed by atoms with E-state index in [0.29, 0.717) is 18.4 Å². The van der Waals surface area contributed by atoms with Gasteiger partial charge in [0, 0.05) is 44.4 Å². The summed E-state index contributed by atoms with van der Waals surface area (Å²) in [6.45, 7) is 8.79. The summed E-state index contributed by atoms with van der Waals surface area (Å²) >= 11 is 0. The van der Waals surface area contributed by atoms with E-state index in [4.69, 9.17) is 4.74 Å². The molecule has 1 spiro atoms. The highest BCUT2D eigenvalue weighted by molar-refractivity contribution is 5.76. The lowest BCUT2D eigenvalue weighted by Gasteiger charge is -2.46. The molecule has 0 radical (unpaired) electrons. The Morgan fingerprint density at radius 1 is 1.20 bits per heavy atom. The van der Waals surface area contributed by atoms with E-state index >= 15 is 0 Å². The fourth-order valence-corrected chi connectivity index (χ4v) is 5.15. The van der Waals surface area contributed by atoms with Gasteiger partial charge < -0.3 is 19.9 Å². The van der Waals surface area contributed by atoms with Crippen LogP contribution in [0.4, 0.5) is 5.82 Å². The minimum absolute atomic E-state index is 0.164. The lowest BCUT2D eigenvalue weighted by molar-refractivity contribution is -0.123. The number of hydrogen-bond donors (Lipinski definition) is 1. The highest BCUT2D eigenvalue weighted by Crippen LogP contribution is 2.41. The SMILES string of the molecule is Cc1cncnc1N1CCC2(CC[C@@H](CNC(=O)CCN3CCCCC3)OC2)CC1. The third kappa shape index (κ3) is 5.49. The number of ether oxygens (including phenoxy) is 1. The molecule has 1 amide bonds. The van der Waals surface area contributed by atoms with Crippen molar-refractivity contribution in [2.45, 2.75) is 64.4 Å². The van der Waals surface area contributed by atoms with Crippen LogP contribution < -0.4 is 10.2 Å². The average Bonchev–Trinajstić information content (AvgIpc) is 2.79. The molecule has 0 saturated carbocycles. The normalized spacial score (nSPS) is 24.7. The van der Waals surface area contributed by atoms with Crippen LogP contribution in [-0.2, 0) is 9.53 Å². The number of nitrogens with one attached hydrogen (secondary N) is 1. The highest BCUT2D eigenvalue weighted by atomic mass is 16.5. The van der Waals surface area contributed by atoms with Crippen LogP contribution in [0.2, 0.25) is 0 Å². The highest BCUT2D eigenvalue weighted by Gasteiger charge is 2.39. The van der Waals surface area contributed by atoms with Gasteiger partial charge in [0.15, 0.2) is 0 Å². The van der Waals surface area contributed by atoms with E-state index in [1.807, 2.05) is 6.20 Å². The molecule has 1 atom stereocenters. The van der Waals surface area contributed by atoms with Gasteiger partial charge in [-0.3, -0.25) is 4.79 Å². The molecule has 0 unspecified atom stereocenters. The number of aryl methyl sites for hydroxylation is 1. The molecule has 1 aromatic rings. The Kier molecular flexibility index (Phi) is 7.20. The van der Waals surface area contributed by atoms with E-state index in [0.717, 1.165) is 70.0 Å². The predicted molar refractivity (Wildman–Crippen MR) is 118 cm³/mol. The number of hydrogen-bond acceptors (Lipinski definition) is 6. The lowest BCUT2D eigenvalue weighted by atomic mass is 9.73. The molecule has 30 heavy (non-hydrogen) atoms. The van der Waals surface area contributed by atoms with Crippen molar-refractivity contribution in [1.29, 1.82) is 0 Å². The maximum absolute atomic E-state index is 12.2. The van der Waals surface area contributed by atoms with Crippen molar-refractivity contribution in [2.75, 3.05) is 50.8 Å². The number of piperidine rings is 2. The number of nitrogens with zero attached hydrogens (tertiary/aromatic N) is 4. The first kappa shape index (κ1) is 21.5. The topological polar surface area (TPSA) is 70.6 Å².